The predicted molar refractivity (Wildman–Crippen MR) is 149 cm³/mol. The Morgan fingerprint density at radius 2 is 1.77 bits per heavy atom. The molecule has 0 amide bonds. The summed E-state index contributed by atoms with van der Waals surface area (Å²) in [7, 11) is -4.04. The fourth-order valence-corrected chi connectivity index (χ4v) is 4.71. The number of rotatable bonds is 13. The van der Waals surface area contributed by atoms with Gasteiger partial charge in [-0.3, -0.25) is 14.3 Å². The molecule has 4 rings (SSSR count). The molecular weight excluding hydrogens is 521 g/mol. The van der Waals surface area contributed by atoms with Crippen molar-refractivity contribution in [2.45, 2.75) is 32.1 Å². The molecule has 11 heteroatoms. The second-order valence-electron chi connectivity index (χ2n) is 9.51. The summed E-state index contributed by atoms with van der Waals surface area (Å²) in [4.78, 5) is 37.7. The Labute approximate surface area is 226 Å². The molecule has 0 fully saturated rings. The Morgan fingerprint density at radius 3 is 2.49 bits per heavy atom. The lowest BCUT2D eigenvalue weighted by Gasteiger charge is -2.15. The number of aliphatic carboxylic acids is 1. The van der Waals surface area contributed by atoms with E-state index in [1.165, 1.54) is 0 Å². The number of nitrogen functional groups attached to an aromatic ring is 1. The Morgan fingerprint density at radius 1 is 1.03 bits per heavy atom. The van der Waals surface area contributed by atoms with Gasteiger partial charge in [-0.15, -0.1) is 0 Å². The summed E-state index contributed by atoms with van der Waals surface area (Å²) in [6.45, 7) is 2.65. The lowest BCUT2D eigenvalue weighted by Crippen LogP contribution is -2.09. The molecule has 0 spiro atoms. The second kappa shape index (κ2) is 12.5. The van der Waals surface area contributed by atoms with E-state index in [4.69, 9.17) is 30.1 Å². The van der Waals surface area contributed by atoms with E-state index < -0.39 is 13.6 Å². The van der Waals surface area contributed by atoms with E-state index in [2.05, 4.69) is 23.0 Å². The minimum Gasteiger partial charge on any atom is -0.491 e. The van der Waals surface area contributed by atoms with Crippen molar-refractivity contribution in [3.63, 3.8) is 0 Å². The molecule has 0 aliphatic rings. The summed E-state index contributed by atoms with van der Waals surface area (Å²) in [5, 5.41) is 10.8. The maximum Gasteiger partial charge on any atom is 0.327 e. The SMILES string of the molecule is CC(Cc1ccc(OCCOCCP(=O)(O)O)cc1)c1cnc2c(N)nc3cc(CCC(=O)O)ccc3c2c1. The zero-order valence-electron chi connectivity index (χ0n) is 21.6. The van der Waals surface area contributed by atoms with Gasteiger partial charge in [0.2, 0.25) is 0 Å². The number of nitrogens with zero attached hydrogens (tertiary/aromatic N) is 2. The largest absolute Gasteiger partial charge is 0.491 e. The maximum atomic E-state index is 10.9. The second-order valence-corrected chi connectivity index (χ2v) is 11.3. The standard InChI is InChI=1S/C28H32N3O7P/c1-18(14-19-2-6-22(7-3-19)38-11-10-37-12-13-39(34,35)36)21-16-24-23-8-4-20(5-9-26(32)33)15-25(23)31-28(29)27(24)30-17-21/h2-4,6-8,15-18H,5,9-14H2,1H3,(H2,29,31)(H,32,33)(H2,34,35,36). The normalized spacial score (nSPS) is 12.6. The van der Waals surface area contributed by atoms with Gasteiger partial charge in [-0.1, -0.05) is 31.2 Å². The van der Waals surface area contributed by atoms with Gasteiger partial charge in [-0.2, -0.15) is 0 Å². The van der Waals surface area contributed by atoms with Crippen LogP contribution in [0.25, 0.3) is 21.8 Å². The molecule has 0 radical (unpaired) electrons. The van der Waals surface area contributed by atoms with Crippen LogP contribution < -0.4 is 10.5 Å². The number of ether oxygens (including phenoxy) is 2. The molecule has 1 atom stereocenters. The molecule has 2 heterocycles. The first-order valence-electron chi connectivity index (χ1n) is 12.6. The van der Waals surface area contributed by atoms with Crippen molar-refractivity contribution in [2.24, 2.45) is 0 Å². The summed E-state index contributed by atoms with van der Waals surface area (Å²) in [6, 6.07) is 15.7. The van der Waals surface area contributed by atoms with Crippen molar-refractivity contribution >= 4 is 41.2 Å². The number of aromatic nitrogens is 2. The molecule has 5 N–H and O–H groups in total. The topological polar surface area (TPSA) is 165 Å². The first-order valence-corrected chi connectivity index (χ1v) is 14.4. The van der Waals surface area contributed by atoms with Crippen molar-refractivity contribution in [3.8, 4) is 5.75 Å². The number of carboxylic acid groups (broad SMARTS) is 1. The van der Waals surface area contributed by atoms with Crippen molar-refractivity contribution < 1.29 is 33.7 Å². The van der Waals surface area contributed by atoms with Crippen molar-refractivity contribution in [1.82, 2.24) is 9.97 Å². The van der Waals surface area contributed by atoms with Crippen LogP contribution in [0.2, 0.25) is 0 Å². The molecule has 4 aromatic rings. The smallest absolute Gasteiger partial charge is 0.327 e. The summed E-state index contributed by atoms with van der Waals surface area (Å²) >= 11 is 0. The number of aryl methyl sites for hydroxylation is 1. The fourth-order valence-electron chi connectivity index (χ4n) is 4.34. The van der Waals surface area contributed by atoms with Gasteiger partial charge in [0.1, 0.15) is 17.9 Å². The van der Waals surface area contributed by atoms with Gasteiger partial charge in [0.05, 0.1) is 24.9 Å². The zero-order valence-corrected chi connectivity index (χ0v) is 22.5. The van der Waals surface area contributed by atoms with Crippen LogP contribution in [0.15, 0.2) is 54.7 Å². The van der Waals surface area contributed by atoms with Crippen molar-refractivity contribution in [1.29, 1.82) is 0 Å². The lowest BCUT2D eigenvalue weighted by atomic mass is 9.93. The Balaban J connectivity index is 1.41. The monoisotopic (exact) mass is 553 g/mol. The Hall–Kier alpha value is -3.56. The van der Waals surface area contributed by atoms with Crippen LogP contribution in [-0.2, 0) is 26.9 Å². The molecule has 0 saturated heterocycles. The van der Waals surface area contributed by atoms with Gasteiger partial charge in [0, 0.05) is 23.4 Å². The molecule has 1 unspecified atom stereocenters. The third-order valence-corrected chi connectivity index (χ3v) is 7.19. The molecule has 2 aromatic heterocycles. The first-order chi connectivity index (χ1) is 18.6. The fraction of sp³-hybridized carbons (Fsp3) is 0.321. The number of pyridine rings is 2. The van der Waals surface area contributed by atoms with E-state index in [-0.39, 0.29) is 38.3 Å². The molecule has 10 nitrogen and oxygen atoms in total. The molecule has 39 heavy (non-hydrogen) atoms. The molecule has 0 aliphatic carbocycles. The Kier molecular flexibility index (Phi) is 9.14. The summed E-state index contributed by atoms with van der Waals surface area (Å²) in [5.41, 5.74) is 10.7. The van der Waals surface area contributed by atoms with E-state index in [1.54, 1.807) is 0 Å². The van der Waals surface area contributed by atoms with Gasteiger partial charge >= 0.3 is 13.6 Å². The van der Waals surface area contributed by atoms with Crippen molar-refractivity contribution in [2.75, 3.05) is 31.7 Å². The molecule has 0 aliphatic heterocycles. The zero-order chi connectivity index (χ0) is 28.0. The average Bonchev–Trinajstić information content (AvgIpc) is 2.89. The van der Waals surface area contributed by atoms with Crippen LogP contribution in [0.1, 0.15) is 36.0 Å². The van der Waals surface area contributed by atoms with Crippen LogP contribution in [0.4, 0.5) is 5.82 Å². The van der Waals surface area contributed by atoms with E-state index in [9.17, 15) is 9.36 Å². The summed E-state index contributed by atoms with van der Waals surface area (Å²) < 4.78 is 21.6. The van der Waals surface area contributed by atoms with Gasteiger partial charge in [-0.25, -0.2) is 4.98 Å². The predicted octanol–water partition coefficient (Wildman–Crippen LogP) is 4.30. The van der Waals surface area contributed by atoms with Crippen LogP contribution in [0.5, 0.6) is 5.75 Å². The van der Waals surface area contributed by atoms with Gasteiger partial charge in [-0.05, 0) is 59.7 Å². The third-order valence-electron chi connectivity index (χ3n) is 6.43. The average molecular weight is 554 g/mol. The first kappa shape index (κ1) is 28.4. The highest BCUT2D eigenvalue weighted by Gasteiger charge is 2.14. The van der Waals surface area contributed by atoms with E-state index in [0.717, 1.165) is 39.4 Å². The molecular formula is C28H32N3O7P. The summed E-state index contributed by atoms with van der Waals surface area (Å²) in [6.07, 6.45) is 2.81. The minimum atomic E-state index is -4.04. The van der Waals surface area contributed by atoms with Crippen LogP contribution in [0.3, 0.4) is 0 Å². The van der Waals surface area contributed by atoms with Gasteiger partial charge in [0.15, 0.2) is 5.82 Å². The number of carboxylic acids is 1. The quantitative estimate of drug-likeness (QED) is 0.107. The Bertz CT molecular complexity index is 1510. The molecule has 206 valence electrons. The van der Waals surface area contributed by atoms with Gasteiger partial charge < -0.3 is 30.1 Å². The molecule has 2 aromatic carbocycles. The lowest BCUT2D eigenvalue weighted by molar-refractivity contribution is -0.136. The van der Waals surface area contributed by atoms with E-state index >= 15 is 0 Å². The van der Waals surface area contributed by atoms with Crippen LogP contribution in [-0.4, -0.2) is 56.8 Å². The molecule has 0 saturated carbocycles. The number of carbonyl (C=O) groups is 1. The maximum absolute atomic E-state index is 10.9. The highest BCUT2D eigenvalue weighted by atomic mass is 31.2. The number of hydrogen-bond donors (Lipinski definition) is 4. The number of nitrogens with two attached hydrogens (primary N) is 1. The number of hydrogen-bond acceptors (Lipinski definition) is 7. The van der Waals surface area contributed by atoms with E-state index in [1.807, 2.05) is 48.7 Å². The van der Waals surface area contributed by atoms with Gasteiger partial charge in [0.25, 0.3) is 0 Å². The highest BCUT2D eigenvalue weighted by molar-refractivity contribution is 7.51. The van der Waals surface area contributed by atoms with Crippen molar-refractivity contribution in [3.05, 3.63) is 71.4 Å². The number of fused-ring (bicyclic) bond motifs is 3. The third kappa shape index (κ3) is 7.97. The van der Waals surface area contributed by atoms with E-state index in [0.29, 0.717) is 23.5 Å². The van der Waals surface area contributed by atoms with Crippen LogP contribution >= 0.6 is 7.60 Å². The highest BCUT2D eigenvalue weighted by Crippen LogP contribution is 2.33. The molecule has 0 bridgehead atoms. The number of anilines is 1. The summed E-state index contributed by atoms with van der Waals surface area (Å²) in [5.74, 6) is 0.369. The van der Waals surface area contributed by atoms with Crippen LogP contribution in [0, 0.1) is 0 Å². The minimum absolute atomic E-state index is 0.0131. The number of benzene rings is 2.